The van der Waals surface area contributed by atoms with Gasteiger partial charge in [0.15, 0.2) is 0 Å². The molecule has 0 aliphatic carbocycles. The highest BCUT2D eigenvalue weighted by Crippen LogP contribution is 2.23. The highest BCUT2D eigenvalue weighted by molar-refractivity contribution is 6.31. The fourth-order valence-corrected chi connectivity index (χ4v) is 3.79. The van der Waals surface area contributed by atoms with Gasteiger partial charge in [0.05, 0.1) is 23.4 Å². The van der Waals surface area contributed by atoms with Crippen LogP contribution in [-0.2, 0) is 17.8 Å². The summed E-state index contributed by atoms with van der Waals surface area (Å²) in [5.41, 5.74) is 1.42. The Morgan fingerprint density at radius 2 is 1.90 bits per heavy atom. The van der Waals surface area contributed by atoms with Crippen molar-refractivity contribution in [3.63, 3.8) is 0 Å². The molecule has 0 fully saturated rings. The molecule has 1 amide bonds. The minimum Gasteiger partial charge on any atom is -0.333 e. The summed E-state index contributed by atoms with van der Waals surface area (Å²) in [5, 5.41) is 1.06. The number of rotatable bonds is 7. The second-order valence-electron chi connectivity index (χ2n) is 7.11. The number of carbonyl (C=O) groups is 1. The van der Waals surface area contributed by atoms with Crippen LogP contribution in [0.1, 0.15) is 44.6 Å². The topological polar surface area (TPSA) is 55.2 Å². The molecule has 1 heterocycles. The molecule has 0 saturated carbocycles. The SMILES string of the molecule is CCCN(C(=O)Cc1ccccc1)C(C)c1nc2cc(Cl)ccc2c(=O)n1CC. The zero-order valence-electron chi connectivity index (χ0n) is 17.1. The van der Waals surface area contributed by atoms with Crippen LogP contribution < -0.4 is 5.56 Å². The van der Waals surface area contributed by atoms with E-state index in [-0.39, 0.29) is 17.5 Å². The van der Waals surface area contributed by atoms with Crippen LogP contribution in [0.15, 0.2) is 53.3 Å². The van der Waals surface area contributed by atoms with Crippen molar-refractivity contribution in [3.05, 3.63) is 75.3 Å². The van der Waals surface area contributed by atoms with Gasteiger partial charge in [0.25, 0.3) is 5.56 Å². The van der Waals surface area contributed by atoms with Crippen LogP contribution in [-0.4, -0.2) is 26.9 Å². The van der Waals surface area contributed by atoms with E-state index in [0.29, 0.717) is 41.3 Å². The average Bonchev–Trinajstić information content (AvgIpc) is 2.71. The van der Waals surface area contributed by atoms with E-state index in [9.17, 15) is 9.59 Å². The fourth-order valence-electron chi connectivity index (χ4n) is 3.62. The Kier molecular flexibility index (Phi) is 6.70. The first-order valence-electron chi connectivity index (χ1n) is 9.99. The summed E-state index contributed by atoms with van der Waals surface area (Å²) in [6.45, 7) is 6.97. The van der Waals surface area contributed by atoms with E-state index in [1.54, 1.807) is 22.8 Å². The first-order valence-corrected chi connectivity index (χ1v) is 10.4. The van der Waals surface area contributed by atoms with Crippen molar-refractivity contribution >= 4 is 28.4 Å². The standard InChI is InChI=1S/C23H26ClN3O2/c1-4-13-27(21(28)14-17-9-7-6-8-10-17)16(3)22-25-20-15-18(24)11-12-19(20)23(29)26(22)5-2/h6-12,15-16H,4-5,13-14H2,1-3H3. The lowest BCUT2D eigenvalue weighted by Gasteiger charge is -2.30. The van der Waals surface area contributed by atoms with Crippen LogP contribution in [0, 0.1) is 0 Å². The van der Waals surface area contributed by atoms with Gasteiger partial charge in [-0.15, -0.1) is 0 Å². The van der Waals surface area contributed by atoms with Crippen LogP contribution in [0.2, 0.25) is 5.02 Å². The summed E-state index contributed by atoms with van der Waals surface area (Å²) in [6.07, 6.45) is 1.14. The van der Waals surface area contributed by atoms with Gasteiger partial charge in [-0.1, -0.05) is 48.9 Å². The van der Waals surface area contributed by atoms with Crippen LogP contribution in [0.25, 0.3) is 10.9 Å². The Balaban J connectivity index is 2.03. The molecule has 0 spiro atoms. The molecule has 0 saturated heterocycles. The Morgan fingerprint density at radius 1 is 1.17 bits per heavy atom. The summed E-state index contributed by atoms with van der Waals surface area (Å²) in [7, 11) is 0. The molecule has 152 valence electrons. The zero-order chi connectivity index (χ0) is 21.0. The minimum absolute atomic E-state index is 0.0219. The monoisotopic (exact) mass is 411 g/mol. The summed E-state index contributed by atoms with van der Waals surface area (Å²) >= 11 is 6.12. The smallest absolute Gasteiger partial charge is 0.261 e. The molecular formula is C23H26ClN3O2. The molecule has 0 aliphatic heterocycles. The lowest BCUT2D eigenvalue weighted by molar-refractivity contribution is -0.132. The van der Waals surface area contributed by atoms with E-state index in [0.717, 1.165) is 12.0 Å². The molecular weight excluding hydrogens is 386 g/mol. The van der Waals surface area contributed by atoms with Crippen molar-refractivity contribution in [3.8, 4) is 0 Å². The highest BCUT2D eigenvalue weighted by atomic mass is 35.5. The first-order chi connectivity index (χ1) is 14.0. The number of hydrogen-bond donors (Lipinski definition) is 0. The van der Waals surface area contributed by atoms with Gasteiger partial charge in [0, 0.05) is 18.1 Å². The summed E-state index contributed by atoms with van der Waals surface area (Å²) in [5.74, 6) is 0.607. The van der Waals surface area contributed by atoms with E-state index in [1.807, 2.05) is 56.0 Å². The van der Waals surface area contributed by atoms with Crippen molar-refractivity contribution in [2.24, 2.45) is 0 Å². The van der Waals surface area contributed by atoms with Gasteiger partial charge in [-0.2, -0.15) is 0 Å². The molecule has 1 atom stereocenters. The molecule has 5 nitrogen and oxygen atoms in total. The quantitative estimate of drug-likeness (QED) is 0.570. The average molecular weight is 412 g/mol. The van der Waals surface area contributed by atoms with Crippen LogP contribution in [0.4, 0.5) is 0 Å². The molecule has 1 unspecified atom stereocenters. The zero-order valence-corrected chi connectivity index (χ0v) is 17.8. The third-order valence-corrected chi connectivity index (χ3v) is 5.32. The van der Waals surface area contributed by atoms with Crippen LogP contribution in [0.5, 0.6) is 0 Å². The molecule has 2 aromatic carbocycles. The molecule has 3 rings (SSSR count). The summed E-state index contributed by atoms with van der Waals surface area (Å²) < 4.78 is 1.65. The summed E-state index contributed by atoms with van der Waals surface area (Å²) in [6, 6.07) is 14.5. The number of halogens is 1. The lowest BCUT2D eigenvalue weighted by atomic mass is 10.1. The molecule has 3 aromatic rings. The lowest BCUT2D eigenvalue weighted by Crippen LogP contribution is -2.39. The normalized spacial score (nSPS) is 12.1. The van der Waals surface area contributed by atoms with Gasteiger partial charge in [-0.25, -0.2) is 4.98 Å². The third kappa shape index (κ3) is 4.51. The predicted molar refractivity (Wildman–Crippen MR) is 117 cm³/mol. The summed E-state index contributed by atoms with van der Waals surface area (Å²) in [4.78, 5) is 32.7. The Labute approximate surface area is 175 Å². The number of fused-ring (bicyclic) bond motifs is 1. The maximum absolute atomic E-state index is 13.1. The van der Waals surface area contributed by atoms with Crippen molar-refractivity contribution in [2.45, 2.75) is 46.2 Å². The van der Waals surface area contributed by atoms with Gasteiger partial charge in [0.2, 0.25) is 5.91 Å². The van der Waals surface area contributed by atoms with E-state index in [1.165, 1.54) is 0 Å². The van der Waals surface area contributed by atoms with Crippen LogP contribution in [0.3, 0.4) is 0 Å². The number of benzene rings is 2. The molecule has 1 aromatic heterocycles. The van der Waals surface area contributed by atoms with Crippen LogP contribution >= 0.6 is 11.6 Å². The molecule has 0 bridgehead atoms. The van der Waals surface area contributed by atoms with Crippen molar-refractivity contribution in [2.75, 3.05) is 6.54 Å². The van der Waals surface area contributed by atoms with Crippen molar-refractivity contribution in [1.29, 1.82) is 0 Å². The number of carbonyl (C=O) groups excluding carboxylic acids is 1. The molecule has 0 radical (unpaired) electrons. The maximum atomic E-state index is 13.1. The molecule has 6 heteroatoms. The van der Waals surface area contributed by atoms with Gasteiger partial charge >= 0.3 is 0 Å². The van der Waals surface area contributed by atoms with E-state index >= 15 is 0 Å². The molecule has 0 aliphatic rings. The van der Waals surface area contributed by atoms with Crippen molar-refractivity contribution < 1.29 is 4.79 Å². The molecule has 0 N–H and O–H groups in total. The fraction of sp³-hybridized carbons (Fsp3) is 0.348. The first kappa shape index (κ1) is 21.1. The Morgan fingerprint density at radius 3 is 2.55 bits per heavy atom. The number of hydrogen-bond acceptors (Lipinski definition) is 3. The minimum atomic E-state index is -0.331. The van der Waals surface area contributed by atoms with E-state index in [2.05, 4.69) is 0 Å². The highest BCUT2D eigenvalue weighted by Gasteiger charge is 2.25. The molecule has 29 heavy (non-hydrogen) atoms. The van der Waals surface area contributed by atoms with Gasteiger partial charge in [-0.3, -0.25) is 14.2 Å². The van der Waals surface area contributed by atoms with Gasteiger partial charge in [-0.05, 0) is 44.0 Å². The largest absolute Gasteiger partial charge is 0.333 e. The number of amides is 1. The Bertz CT molecular complexity index is 1060. The second kappa shape index (κ2) is 9.23. The maximum Gasteiger partial charge on any atom is 0.261 e. The van der Waals surface area contributed by atoms with E-state index in [4.69, 9.17) is 16.6 Å². The van der Waals surface area contributed by atoms with E-state index < -0.39 is 0 Å². The third-order valence-electron chi connectivity index (χ3n) is 5.09. The Hall–Kier alpha value is -2.66. The second-order valence-corrected chi connectivity index (χ2v) is 7.54. The number of nitrogens with zero attached hydrogens (tertiary/aromatic N) is 3. The van der Waals surface area contributed by atoms with Gasteiger partial charge < -0.3 is 4.90 Å². The van der Waals surface area contributed by atoms with Gasteiger partial charge in [0.1, 0.15) is 5.82 Å². The predicted octanol–water partition coefficient (Wildman–Crippen LogP) is 4.61. The number of aromatic nitrogens is 2. The van der Waals surface area contributed by atoms with Crippen molar-refractivity contribution in [1.82, 2.24) is 14.5 Å².